The topological polar surface area (TPSA) is 45.9 Å². The third-order valence-corrected chi connectivity index (χ3v) is 16.0. The second-order valence-corrected chi connectivity index (χ2v) is 20.5. The second-order valence-electron chi connectivity index (χ2n) is 20.5. The van der Waals surface area contributed by atoms with Crippen LogP contribution in [0.4, 0.5) is 34.1 Å². The molecule has 0 atom stereocenters. The molecule has 0 saturated carbocycles. The Bertz CT molecular complexity index is 4920. The Morgan fingerprint density at radius 2 is 0.842 bits per heavy atom. The lowest BCUT2D eigenvalue weighted by Crippen LogP contribution is -2.15. The first-order chi connectivity index (χ1) is 37.4. The smallest absolute Gasteiger partial charge is 0.159 e. The number of hydrogen-bond acceptors (Lipinski definition) is 5. The van der Waals surface area contributed by atoms with Crippen LogP contribution in [0.3, 0.4) is 0 Å². The van der Waals surface area contributed by atoms with E-state index in [2.05, 4.69) is 255 Å². The molecule has 5 nitrogen and oxygen atoms in total. The van der Waals surface area contributed by atoms with Crippen molar-refractivity contribution in [3.8, 4) is 33.4 Å². The number of furan rings is 3. The largest absolute Gasteiger partial charge is 0.456 e. The van der Waals surface area contributed by atoms with Gasteiger partial charge in [0, 0.05) is 77.6 Å². The van der Waals surface area contributed by atoms with Crippen molar-refractivity contribution < 1.29 is 13.3 Å². The van der Waals surface area contributed by atoms with Crippen molar-refractivity contribution in [1.29, 1.82) is 0 Å². The lowest BCUT2D eigenvalue weighted by atomic mass is 9.88. The minimum atomic E-state index is 0.804. The SMILES string of the molecule is Cc1ccc(C)c(N(c2cc3oc4cc5c6c(cccc6c4c3c3ccccc23)-c2ccc(C)cc2N5c2cccc3c2oc2c(-c4ccccc4)cccc23)c2cccc3c2oc2c(-c4ccccc4)cccc23)c1. The Hall–Kier alpha value is -9.84. The van der Waals surface area contributed by atoms with Crippen molar-refractivity contribution in [3.05, 3.63) is 241 Å². The molecular weight excluding hydrogens is 929 g/mol. The molecule has 358 valence electrons. The van der Waals surface area contributed by atoms with Gasteiger partial charge in [-0.1, -0.05) is 188 Å². The second kappa shape index (κ2) is 16.1. The first-order valence-corrected chi connectivity index (χ1v) is 26.1. The van der Waals surface area contributed by atoms with E-state index < -0.39 is 0 Å². The number of anilines is 6. The molecule has 1 aliphatic rings. The van der Waals surface area contributed by atoms with E-state index >= 15 is 0 Å². The molecule has 0 amide bonds. The summed E-state index contributed by atoms with van der Waals surface area (Å²) < 4.78 is 21.7. The zero-order chi connectivity index (χ0) is 50.3. The molecule has 0 aliphatic carbocycles. The number of para-hydroxylation sites is 4. The lowest BCUT2D eigenvalue weighted by molar-refractivity contribution is 0.668. The first-order valence-electron chi connectivity index (χ1n) is 26.1. The average molecular weight is 975 g/mol. The van der Waals surface area contributed by atoms with Crippen LogP contribution < -0.4 is 9.80 Å². The van der Waals surface area contributed by atoms with E-state index in [1.807, 2.05) is 0 Å². The number of aryl methyl sites for hydroxylation is 3. The molecule has 12 aromatic carbocycles. The Balaban J connectivity index is 0.969. The fraction of sp³-hybridized carbons (Fsp3) is 0.0423. The molecule has 0 fully saturated rings. The molecule has 0 saturated heterocycles. The molecule has 3 aromatic heterocycles. The van der Waals surface area contributed by atoms with Gasteiger partial charge >= 0.3 is 0 Å². The zero-order valence-electron chi connectivity index (χ0n) is 42.0. The highest BCUT2D eigenvalue weighted by molar-refractivity contribution is 6.33. The van der Waals surface area contributed by atoms with Crippen LogP contribution in [0.25, 0.3) is 121 Å². The highest BCUT2D eigenvalue weighted by Crippen LogP contribution is 2.57. The van der Waals surface area contributed by atoms with Gasteiger partial charge in [0.1, 0.15) is 22.3 Å². The van der Waals surface area contributed by atoms with Gasteiger partial charge in [0.05, 0.1) is 28.4 Å². The summed E-state index contributed by atoms with van der Waals surface area (Å²) >= 11 is 0. The van der Waals surface area contributed by atoms with E-state index in [1.165, 1.54) is 27.6 Å². The van der Waals surface area contributed by atoms with Gasteiger partial charge in [0.2, 0.25) is 0 Å². The van der Waals surface area contributed by atoms with Crippen molar-refractivity contribution >= 4 is 121 Å². The van der Waals surface area contributed by atoms with Gasteiger partial charge in [-0.25, -0.2) is 0 Å². The third kappa shape index (κ3) is 6.08. The number of fused-ring (bicyclic) bond motifs is 14. The molecule has 76 heavy (non-hydrogen) atoms. The van der Waals surface area contributed by atoms with Crippen LogP contribution in [-0.4, -0.2) is 0 Å². The van der Waals surface area contributed by atoms with Gasteiger partial charge < -0.3 is 23.1 Å². The average Bonchev–Trinajstić information content (AvgIpc) is 4.33. The first kappa shape index (κ1) is 42.6. The van der Waals surface area contributed by atoms with Crippen LogP contribution >= 0.6 is 0 Å². The van der Waals surface area contributed by atoms with Gasteiger partial charge in [-0.15, -0.1) is 0 Å². The zero-order valence-corrected chi connectivity index (χ0v) is 42.0. The molecule has 1 aliphatic heterocycles. The van der Waals surface area contributed by atoms with Gasteiger partial charge in [-0.2, -0.15) is 0 Å². The molecule has 0 radical (unpaired) electrons. The predicted octanol–water partition coefficient (Wildman–Crippen LogP) is 20.9. The maximum absolute atomic E-state index is 7.39. The minimum Gasteiger partial charge on any atom is -0.456 e. The van der Waals surface area contributed by atoms with Crippen LogP contribution in [0, 0.1) is 20.8 Å². The normalized spacial score (nSPS) is 12.4. The van der Waals surface area contributed by atoms with Crippen molar-refractivity contribution in [2.24, 2.45) is 0 Å². The molecular formula is C71H46N2O3. The summed E-state index contributed by atoms with van der Waals surface area (Å²) in [7, 11) is 0. The van der Waals surface area contributed by atoms with E-state index in [-0.39, 0.29) is 0 Å². The summed E-state index contributed by atoms with van der Waals surface area (Å²) in [5.41, 5.74) is 21.4. The quantitative estimate of drug-likeness (QED) is 0.166. The Labute approximate surface area is 437 Å². The number of rotatable bonds is 6. The fourth-order valence-corrected chi connectivity index (χ4v) is 12.6. The highest BCUT2D eigenvalue weighted by atomic mass is 16.3. The molecule has 5 heteroatoms. The van der Waals surface area contributed by atoms with Gasteiger partial charge in [0.25, 0.3) is 0 Å². The van der Waals surface area contributed by atoms with Crippen LogP contribution in [0.15, 0.2) is 238 Å². The fourth-order valence-electron chi connectivity index (χ4n) is 12.6. The summed E-state index contributed by atoms with van der Waals surface area (Å²) in [4.78, 5) is 4.82. The van der Waals surface area contributed by atoms with Crippen LogP contribution in [0.2, 0.25) is 0 Å². The maximum Gasteiger partial charge on any atom is 0.159 e. The maximum atomic E-state index is 7.39. The number of nitrogens with zero attached hydrogens (tertiary/aromatic N) is 2. The van der Waals surface area contributed by atoms with Gasteiger partial charge in [0.15, 0.2) is 11.2 Å². The Morgan fingerprint density at radius 3 is 1.57 bits per heavy atom. The number of hydrogen-bond donors (Lipinski definition) is 0. The minimum absolute atomic E-state index is 0.804. The highest BCUT2D eigenvalue weighted by Gasteiger charge is 2.32. The van der Waals surface area contributed by atoms with Crippen LogP contribution in [-0.2, 0) is 0 Å². The van der Waals surface area contributed by atoms with E-state index in [1.54, 1.807) is 0 Å². The third-order valence-electron chi connectivity index (χ3n) is 16.0. The molecule has 4 heterocycles. The van der Waals surface area contributed by atoms with E-state index in [0.717, 1.165) is 144 Å². The molecule has 15 aromatic rings. The van der Waals surface area contributed by atoms with Crippen LogP contribution in [0.5, 0.6) is 0 Å². The molecule has 0 unspecified atom stereocenters. The summed E-state index contributed by atoms with van der Waals surface area (Å²) in [6.45, 7) is 6.53. The van der Waals surface area contributed by atoms with Gasteiger partial charge in [-0.3, -0.25) is 0 Å². The van der Waals surface area contributed by atoms with Crippen molar-refractivity contribution in [2.75, 3.05) is 9.80 Å². The molecule has 0 spiro atoms. The summed E-state index contributed by atoms with van der Waals surface area (Å²) in [5, 5.41) is 11.0. The van der Waals surface area contributed by atoms with E-state index in [4.69, 9.17) is 13.3 Å². The molecule has 0 bridgehead atoms. The van der Waals surface area contributed by atoms with Crippen LogP contribution in [0.1, 0.15) is 16.7 Å². The van der Waals surface area contributed by atoms with E-state index in [9.17, 15) is 0 Å². The number of benzene rings is 12. The van der Waals surface area contributed by atoms with E-state index in [0.29, 0.717) is 0 Å². The Kier molecular flexibility index (Phi) is 9.02. The van der Waals surface area contributed by atoms with Gasteiger partial charge in [-0.05, 0) is 89.2 Å². The standard InChI is InChI=1S/C71H46N2O3/c1-41-33-35-43(3)59(37-41)72(57-31-15-28-54-52-26-12-23-46(68(52)75-70(54)57)44-17-6-4-7-18-44)61-39-63-66(51-22-11-10-21-48(51)61)67-56-30-14-25-50-49-36-34-42(2)38-60(49)73(62(65(50)56)40-64(67)74-63)58-32-16-29-55-53-27-13-24-47(69(53)76-71(55)58)45-19-8-5-9-20-45/h4-40H,1-3H3. The van der Waals surface area contributed by atoms with Crippen molar-refractivity contribution in [1.82, 2.24) is 0 Å². The summed E-state index contributed by atoms with van der Waals surface area (Å²) in [5.74, 6) is 0. The summed E-state index contributed by atoms with van der Waals surface area (Å²) in [6, 6.07) is 80.7. The summed E-state index contributed by atoms with van der Waals surface area (Å²) in [6.07, 6.45) is 0. The monoisotopic (exact) mass is 974 g/mol. The predicted molar refractivity (Wildman–Crippen MR) is 317 cm³/mol. The molecule has 0 N–H and O–H groups in total. The lowest BCUT2D eigenvalue weighted by Gasteiger charge is -2.33. The Morgan fingerprint density at radius 1 is 0.303 bits per heavy atom. The van der Waals surface area contributed by atoms with Crippen molar-refractivity contribution in [3.63, 3.8) is 0 Å². The van der Waals surface area contributed by atoms with Crippen molar-refractivity contribution in [2.45, 2.75) is 20.8 Å². The molecule has 16 rings (SSSR count).